The van der Waals surface area contributed by atoms with Crippen LogP contribution in [-0.4, -0.2) is 16.5 Å². The monoisotopic (exact) mass is 184 g/mol. The van der Waals surface area contributed by atoms with Gasteiger partial charge in [0.1, 0.15) is 0 Å². The maximum atomic E-state index is 5.46. The van der Waals surface area contributed by atoms with Crippen molar-refractivity contribution >= 4 is 11.8 Å². The van der Waals surface area contributed by atoms with Crippen LogP contribution < -0.4 is 11.3 Å². The fourth-order valence-electron chi connectivity index (χ4n) is 1.64. The predicted molar refractivity (Wildman–Crippen MR) is 54.7 cm³/mol. The smallest absolute Gasteiger partial charge is 0.0464 e. The Kier molecular flexibility index (Phi) is 3.45. The molecule has 0 bridgehead atoms. The molecule has 0 aliphatic carbocycles. The molecule has 2 unspecified atom stereocenters. The first-order valence-electron chi connectivity index (χ1n) is 4.26. The maximum Gasteiger partial charge on any atom is 0.0464 e. The summed E-state index contributed by atoms with van der Waals surface area (Å²) in [5, 5.41) is 0. The van der Waals surface area contributed by atoms with Gasteiger partial charge < -0.3 is 0 Å². The fraction of sp³-hybridized carbons (Fsp3) is 0.778. The van der Waals surface area contributed by atoms with Crippen LogP contribution in [0.2, 0.25) is 0 Å². The Morgan fingerprint density at radius 2 is 2.58 bits per heavy atom. The number of hydrogen-bond acceptors (Lipinski definition) is 3. The van der Waals surface area contributed by atoms with Gasteiger partial charge in [0, 0.05) is 17.2 Å². The topological polar surface area (TPSA) is 38.0 Å². The highest BCUT2D eigenvalue weighted by molar-refractivity contribution is 8.00. The zero-order chi connectivity index (χ0) is 9.03. The minimum absolute atomic E-state index is 0.251. The van der Waals surface area contributed by atoms with Gasteiger partial charge in [0.15, 0.2) is 0 Å². The molecule has 0 aromatic heterocycles. The average molecular weight is 184 g/mol. The van der Waals surface area contributed by atoms with Crippen molar-refractivity contribution in [3.8, 4) is 12.3 Å². The van der Waals surface area contributed by atoms with E-state index in [0.29, 0.717) is 0 Å². The highest BCUT2D eigenvalue weighted by Crippen LogP contribution is 2.40. The molecular weight excluding hydrogens is 168 g/mol. The Bertz CT molecular complexity index is 179. The number of thioether (sulfide) groups is 1. The molecule has 1 rings (SSSR count). The molecule has 0 aromatic rings. The maximum absolute atomic E-state index is 5.46. The molecule has 68 valence electrons. The first kappa shape index (κ1) is 9.91. The summed E-state index contributed by atoms with van der Waals surface area (Å²) < 4.78 is 0.251. The van der Waals surface area contributed by atoms with Gasteiger partial charge in [0.05, 0.1) is 0 Å². The second kappa shape index (κ2) is 4.18. The molecule has 0 saturated carbocycles. The molecule has 3 N–H and O–H groups in total. The Hall–Kier alpha value is -0.170. The lowest BCUT2D eigenvalue weighted by Gasteiger charge is -2.31. The molecular formula is C9H16N2S. The number of hydrazine groups is 1. The molecule has 1 aliphatic heterocycles. The van der Waals surface area contributed by atoms with Gasteiger partial charge in [-0.3, -0.25) is 11.3 Å². The van der Waals surface area contributed by atoms with Crippen molar-refractivity contribution in [2.45, 2.75) is 37.0 Å². The van der Waals surface area contributed by atoms with E-state index in [2.05, 4.69) is 18.3 Å². The molecule has 0 spiro atoms. The van der Waals surface area contributed by atoms with Crippen LogP contribution in [0, 0.1) is 12.3 Å². The van der Waals surface area contributed by atoms with E-state index in [1.54, 1.807) is 0 Å². The third-order valence-electron chi connectivity index (χ3n) is 2.51. The highest BCUT2D eigenvalue weighted by atomic mass is 32.2. The lowest BCUT2D eigenvalue weighted by Crippen LogP contribution is -2.48. The quantitative estimate of drug-likeness (QED) is 0.392. The molecule has 0 amide bonds. The Morgan fingerprint density at radius 3 is 3.00 bits per heavy atom. The van der Waals surface area contributed by atoms with E-state index in [4.69, 9.17) is 12.3 Å². The summed E-state index contributed by atoms with van der Waals surface area (Å²) in [7, 11) is 0. The van der Waals surface area contributed by atoms with Crippen LogP contribution in [0.3, 0.4) is 0 Å². The van der Waals surface area contributed by atoms with Gasteiger partial charge in [-0.25, -0.2) is 0 Å². The molecule has 0 radical (unpaired) electrons. The van der Waals surface area contributed by atoms with E-state index >= 15 is 0 Å². The number of nitrogens with one attached hydrogen (secondary N) is 1. The van der Waals surface area contributed by atoms with Crippen molar-refractivity contribution in [3.05, 3.63) is 0 Å². The van der Waals surface area contributed by atoms with Crippen molar-refractivity contribution in [2.24, 2.45) is 5.84 Å². The fourth-order valence-corrected chi connectivity index (χ4v) is 3.04. The van der Waals surface area contributed by atoms with Gasteiger partial charge in [-0.15, -0.1) is 12.3 Å². The standard InChI is InChI=1S/C9H16N2S/c1-3-5-8(11-10)9(2)6-4-7-12-9/h1,8,11H,4-7,10H2,2H3. The van der Waals surface area contributed by atoms with E-state index < -0.39 is 0 Å². The van der Waals surface area contributed by atoms with Crippen molar-refractivity contribution in [1.82, 2.24) is 5.43 Å². The van der Waals surface area contributed by atoms with E-state index in [0.717, 1.165) is 6.42 Å². The molecule has 2 nitrogen and oxygen atoms in total. The van der Waals surface area contributed by atoms with Crippen molar-refractivity contribution < 1.29 is 0 Å². The molecule has 0 aromatic carbocycles. The largest absolute Gasteiger partial charge is 0.271 e. The number of rotatable bonds is 3. The van der Waals surface area contributed by atoms with Gasteiger partial charge in [-0.2, -0.15) is 11.8 Å². The Labute approximate surface area is 78.6 Å². The second-order valence-corrected chi connectivity index (χ2v) is 5.02. The molecule has 1 fully saturated rings. The van der Waals surface area contributed by atoms with Crippen LogP contribution in [0.5, 0.6) is 0 Å². The van der Waals surface area contributed by atoms with Gasteiger partial charge >= 0.3 is 0 Å². The number of hydrogen-bond donors (Lipinski definition) is 2. The summed E-state index contributed by atoms with van der Waals surface area (Å²) in [6.45, 7) is 2.24. The summed E-state index contributed by atoms with van der Waals surface area (Å²) in [5.74, 6) is 9.37. The summed E-state index contributed by atoms with van der Waals surface area (Å²) in [4.78, 5) is 0. The van der Waals surface area contributed by atoms with Crippen LogP contribution in [0.15, 0.2) is 0 Å². The first-order valence-corrected chi connectivity index (χ1v) is 5.25. The lowest BCUT2D eigenvalue weighted by atomic mass is 9.94. The van der Waals surface area contributed by atoms with Crippen molar-refractivity contribution in [1.29, 1.82) is 0 Å². The van der Waals surface area contributed by atoms with E-state index in [-0.39, 0.29) is 10.8 Å². The van der Waals surface area contributed by atoms with Gasteiger partial charge in [-0.1, -0.05) is 0 Å². The van der Waals surface area contributed by atoms with Crippen LogP contribution in [0.1, 0.15) is 26.2 Å². The van der Waals surface area contributed by atoms with Gasteiger partial charge in [0.25, 0.3) is 0 Å². The third-order valence-corrected chi connectivity index (χ3v) is 4.15. The summed E-state index contributed by atoms with van der Waals surface area (Å²) in [6.07, 6.45) is 8.50. The Balaban J connectivity index is 2.57. The van der Waals surface area contributed by atoms with E-state index in [1.807, 2.05) is 11.8 Å². The van der Waals surface area contributed by atoms with E-state index in [9.17, 15) is 0 Å². The third kappa shape index (κ3) is 1.95. The molecule has 1 saturated heterocycles. The predicted octanol–water partition coefficient (Wildman–Crippen LogP) is 1.13. The number of nitrogens with two attached hydrogens (primary N) is 1. The number of terminal acetylenes is 1. The minimum Gasteiger partial charge on any atom is -0.271 e. The highest BCUT2D eigenvalue weighted by Gasteiger charge is 2.36. The minimum atomic E-state index is 0.251. The molecule has 1 aliphatic rings. The molecule has 3 heteroatoms. The second-order valence-electron chi connectivity index (χ2n) is 3.39. The van der Waals surface area contributed by atoms with Crippen LogP contribution in [0.4, 0.5) is 0 Å². The summed E-state index contributed by atoms with van der Waals surface area (Å²) in [5.41, 5.74) is 2.82. The van der Waals surface area contributed by atoms with Crippen LogP contribution >= 0.6 is 11.8 Å². The van der Waals surface area contributed by atoms with Crippen molar-refractivity contribution in [2.75, 3.05) is 5.75 Å². The first-order chi connectivity index (χ1) is 5.73. The van der Waals surface area contributed by atoms with Gasteiger partial charge in [0.2, 0.25) is 0 Å². The zero-order valence-corrected chi connectivity index (χ0v) is 8.29. The molecule has 2 atom stereocenters. The molecule has 12 heavy (non-hydrogen) atoms. The molecule has 1 heterocycles. The van der Waals surface area contributed by atoms with Gasteiger partial charge in [-0.05, 0) is 25.5 Å². The van der Waals surface area contributed by atoms with E-state index in [1.165, 1.54) is 18.6 Å². The lowest BCUT2D eigenvalue weighted by molar-refractivity contribution is 0.414. The Morgan fingerprint density at radius 1 is 1.83 bits per heavy atom. The zero-order valence-electron chi connectivity index (χ0n) is 7.47. The summed E-state index contributed by atoms with van der Waals surface area (Å²) >= 11 is 1.98. The van der Waals surface area contributed by atoms with Crippen LogP contribution in [-0.2, 0) is 0 Å². The SMILES string of the molecule is C#CCC(NN)C1(C)CCCS1. The van der Waals surface area contributed by atoms with Crippen LogP contribution in [0.25, 0.3) is 0 Å². The van der Waals surface area contributed by atoms with Crippen molar-refractivity contribution in [3.63, 3.8) is 0 Å². The average Bonchev–Trinajstić information content (AvgIpc) is 2.49. The summed E-state index contributed by atoms with van der Waals surface area (Å²) in [6, 6.07) is 0.259. The normalized spacial score (nSPS) is 31.4.